The second kappa shape index (κ2) is 11.5. The Hall–Kier alpha value is -2.78. The van der Waals surface area contributed by atoms with Crippen molar-refractivity contribution in [2.24, 2.45) is 5.92 Å². The molecule has 0 unspecified atom stereocenters. The molecule has 1 aliphatic carbocycles. The zero-order chi connectivity index (χ0) is 25.8. The van der Waals surface area contributed by atoms with E-state index in [-0.39, 0.29) is 41.9 Å². The number of methoxy groups -OCH3 is 1. The molecule has 1 aromatic carbocycles. The van der Waals surface area contributed by atoms with Crippen molar-refractivity contribution < 1.29 is 28.1 Å². The van der Waals surface area contributed by atoms with E-state index in [0.717, 1.165) is 25.7 Å². The number of pyridine rings is 1. The molecule has 0 radical (unpaired) electrons. The summed E-state index contributed by atoms with van der Waals surface area (Å²) in [5.41, 5.74) is 1.62. The van der Waals surface area contributed by atoms with E-state index in [4.69, 9.17) is 30.5 Å². The number of aromatic amines is 1. The molecule has 1 aromatic heterocycles. The maximum atomic E-state index is 13.1. The lowest BCUT2D eigenvalue weighted by Crippen LogP contribution is -2.39. The van der Waals surface area contributed by atoms with Crippen molar-refractivity contribution in [2.75, 3.05) is 27.0 Å². The third-order valence-corrected chi connectivity index (χ3v) is 7.18. The highest BCUT2D eigenvalue weighted by Crippen LogP contribution is 2.45. The average Bonchev–Trinajstić information content (AvgIpc) is 2.88. The molecule has 2 N–H and O–H groups in total. The first kappa shape index (κ1) is 26.3. The number of halogens is 2. The van der Waals surface area contributed by atoms with E-state index in [1.165, 1.54) is 7.11 Å². The van der Waals surface area contributed by atoms with Crippen LogP contribution in [0.5, 0.6) is 17.2 Å². The number of carbonyl (C=O) groups excluding carboxylic acids is 1. The van der Waals surface area contributed by atoms with Gasteiger partial charge in [-0.25, -0.2) is 4.39 Å². The van der Waals surface area contributed by atoms with Crippen LogP contribution in [0.3, 0.4) is 0 Å². The van der Waals surface area contributed by atoms with Gasteiger partial charge in [-0.3, -0.25) is 9.59 Å². The molecule has 10 heteroatoms. The Kier molecular flexibility index (Phi) is 8.41. The molecule has 8 nitrogen and oxygen atoms in total. The maximum Gasteiger partial charge on any atom is 0.256 e. The van der Waals surface area contributed by atoms with E-state index in [1.807, 2.05) is 0 Å². The summed E-state index contributed by atoms with van der Waals surface area (Å²) < 4.78 is 35.6. The van der Waals surface area contributed by atoms with Gasteiger partial charge in [-0.2, -0.15) is 0 Å². The second-order valence-corrected chi connectivity index (χ2v) is 9.67. The van der Waals surface area contributed by atoms with Gasteiger partial charge in [-0.15, -0.1) is 0 Å². The largest absolute Gasteiger partial charge is 0.496 e. The number of ether oxygens (including phenoxy) is 4. The number of fused-ring (bicyclic) bond motifs is 1. The van der Waals surface area contributed by atoms with Gasteiger partial charge in [0.1, 0.15) is 25.1 Å². The number of aromatic nitrogens is 1. The van der Waals surface area contributed by atoms with Gasteiger partial charge in [0.25, 0.3) is 11.5 Å². The summed E-state index contributed by atoms with van der Waals surface area (Å²) in [6.45, 7) is 3.57. The zero-order valence-electron chi connectivity index (χ0n) is 20.7. The highest BCUT2D eigenvalue weighted by atomic mass is 35.5. The number of amides is 1. The Balaban J connectivity index is 1.47. The van der Waals surface area contributed by atoms with Crippen LogP contribution in [0.2, 0.25) is 5.02 Å². The average molecular weight is 523 g/mol. The van der Waals surface area contributed by atoms with Crippen LogP contribution in [0.1, 0.15) is 52.9 Å². The SMILES string of the molecule is COc1cc(C)[nH]c(=O)c1CNC(=O)c1cc(Cl)c2c(c1C)O[C@@H](C1CCC(OCCF)CC1)CO2. The summed E-state index contributed by atoms with van der Waals surface area (Å²) in [6.07, 6.45) is 3.38. The first-order valence-electron chi connectivity index (χ1n) is 12.2. The van der Waals surface area contributed by atoms with Gasteiger partial charge < -0.3 is 29.2 Å². The predicted molar refractivity (Wildman–Crippen MR) is 133 cm³/mol. The summed E-state index contributed by atoms with van der Waals surface area (Å²) in [5.74, 6) is 1.17. The molecular formula is C26H32ClFN2O6. The number of alkyl halides is 1. The Morgan fingerprint density at radius 3 is 2.67 bits per heavy atom. The second-order valence-electron chi connectivity index (χ2n) is 9.26. The molecule has 2 aromatic rings. The number of benzene rings is 1. The van der Waals surface area contributed by atoms with Crippen LogP contribution < -0.4 is 25.1 Å². The van der Waals surface area contributed by atoms with E-state index in [1.54, 1.807) is 26.0 Å². The van der Waals surface area contributed by atoms with Gasteiger partial charge in [0.2, 0.25) is 0 Å². The third kappa shape index (κ3) is 5.62. The Bertz CT molecular complexity index is 1160. The monoisotopic (exact) mass is 522 g/mol. The molecule has 0 bridgehead atoms. The van der Waals surface area contributed by atoms with Gasteiger partial charge in [-0.05, 0) is 57.6 Å². The molecule has 1 saturated carbocycles. The number of rotatable bonds is 8. The molecule has 196 valence electrons. The molecule has 1 atom stereocenters. The molecule has 2 heterocycles. The molecule has 0 saturated heterocycles. The first-order chi connectivity index (χ1) is 17.3. The summed E-state index contributed by atoms with van der Waals surface area (Å²) in [6, 6.07) is 3.26. The van der Waals surface area contributed by atoms with Gasteiger partial charge in [-0.1, -0.05) is 11.6 Å². The summed E-state index contributed by atoms with van der Waals surface area (Å²) in [5, 5.41) is 3.07. The predicted octanol–water partition coefficient (Wildman–Crippen LogP) is 4.27. The number of carbonyl (C=O) groups is 1. The van der Waals surface area contributed by atoms with Crippen molar-refractivity contribution in [1.29, 1.82) is 0 Å². The van der Waals surface area contributed by atoms with E-state index >= 15 is 0 Å². The summed E-state index contributed by atoms with van der Waals surface area (Å²) in [7, 11) is 1.48. The van der Waals surface area contributed by atoms with Crippen LogP contribution in [-0.2, 0) is 11.3 Å². The van der Waals surface area contributed by atoms with E-state index < -0.39 is 12.6 Å². The van der Waals surface area contributed by atoms with Crippen molar-refractivity contribution >= 4 is 17.5 Å². The quantitative estimate of drug-likeness (QED) is 0.537. The van der Waals surface area contributed by atoms with Gasteiger partial charge in [0.05, 0.1) is 37.0 Å². The molecular weight excluding hydrogens is 491 g/mol. The molecule has 36 heavy (non-hydrogen) atoms. The Labute approximate surface area is 214 Å². The Morgan fingerprint density at radius 1 is 1.22 bits per heavy atom. The molecule has 0 spiro atoms. The number of hydrogen-bond acceptors (Lipinski definition) is 6. The third-order valence-electron chi connectivity index (χ3n) is 6.90. The van der Waals surface area contributed by atoms with E-state index in [0.29, 0.717) is 46.2 Å². The zero-order valence-corrected chi connectivity index (χ0v) is 21.5. The normalized spacial score (nSPS) is 21.2. The van der Waals surface area contributed by atoms with Crippen LogP contribution in [0.15, 0.2) is 16.9 Å². The van der Waals surface area contributed by atoms with Gasteiger partial charge in [0, 0.05) is 16.8 Å². The fourth-order valence-corrected chi connectivity index (χ4v) is 5.18. The van der Waals surface area contributed by atoms with Crippen LogP contribution in [0.4, 0.5) is 4.39 Å². The molecule has 4 rings (SSSR count). The molecule has 1 fully saturated rings. The topological polar surface area (TPSA) is 98.9 Å². The minimum absolute atomic E-state index is 0.0144. The van der Waals surface area contributed by atoms with Crippen molar-refractivity contribution in [2.45, 2.75) is 58.3 Å². The molecule has 1 amide bonds. The lowest BCUT2D eigenvalue weighted by atomic mass is 9.83. The number of hydrogen-bond donors (Lipinski definition) is 2. The fourth-order valence-electron chi connectivity index (χ4n) is 4.93. The number of aryl methyl sites for hydroxylation is 1. The van der Waals surface area contributed by atoms with Crippen LogP contribution in [0.25, 0.3) is 0 Å². The van der Waals surface area contributed by atoms with Crippen molar-refractivity contribution in [3.63, 3.8) is 0 Å². The lowest BCUT2D eigenvalue weighted by Gasteiger charge is -2.37. The van der Waals surface area contributed by atoms with Crippen LogP contribution >= 0.6 is 11.6 Å². The van der Waals surface area contributed by atoms with Crippen molar-refractivity contribution in [1.82, 2.24) is 10.3 Å². The first-order valence-corrected chi connectivity index (χ1v) is 12.5. The van der Waals surface area contributed by atoms with Gasteiger partial charge in [0.15, 0.2) is 11.5 Å². The maximum absolute atomic E-state index is 13.1. The molecule has 1 aliphatic heterocycles. The van der Waals surface area contributed by atoms with Crippen molar-refractivity contribution in [3.8, 4) is 17.2 Å². The Morgan fingerprint density at radius 2 is 1.97 bits per heavy atom. The van der Waals surface area contributed by atoms with Gasteiger partial charge >= 0.3 is 0 Å². The minimum atomic E-state index is -0.471. The summed E-state index contributed by atoms with van der Waals surface area (Å²) in [4.78, 5) is 28.2. The highest BCUT2D eigenvalue weighted by molar-refractivity contribution is 6.32. The summed E-state index contributed by atoms with van der Waals surface area (Å²) >= 11 is 6.46. The minimum Gasteiger partial charge on any atom is -0.496 e. The van der Waals surface area contributed by atoms with Crippen LogP contribution in [-0.4, -0.2) is 50.1 Å². The fraction of sp³-hybridized carbons (Fsp3) is 0.538. The standard InChI is InChI=1S/C26H32ClFN2O6/c1-14-10-21(33-3)19(26(32)30-14)12-29-25(31)18-11-20(27)24-23(15(18)2)36-22(13-35-24)16-4-6-17(7-5-16)34-9-8-28/h10-11,16-17,22H,4-9,12-13H2,1-3H3,(H,29,31)(H,30,32)/t16?,17?,22-/m1/s1. The lowest BCUT2D eigenvalue weighted by molar-refractivity contribution is -0.0194. The highest BCUT2D eigenvalue weighted by Gasteiger charge is 2.35. The van der Waals surface area contributed by atoms with E-state index in [9.17, 15) is 14.0 Å². The van der Waals surface area contributed by atoms with E-state index in [2.05, 4.69) is 10.3 Å². The van der Waals surface area contributed by atoms with Crippen LogP contribution in [0, 0.1) is 19.8 Å². The number of nitrogens with one attached hydrogen (secondary N) is 2. The number of H-pyrrole nitrogens is 1. The molecule has 2 aliphatic rings. The smallest absolute Gasteiger partial charge is 0.256 e. The van der Waals surface area contributed by atoms with Crippen molar-refractivity contribution in [3.05, 3.63) is 49.9 Å².